The highest BCUT2D eigenvalue weighted by atomic mass is 16.7. The van der Waals surface area contributed by atoms with Gasteiger partial charge in [-0.1, -0.05) is 12.1 Å². The van der Waals surface area contributed by atoms with E-state index in [9.17, 15) is 4.79 Å². The summed E-state index contributed by atoms with van der Waals surface area (Å²) in [6.07, 6.45) is 1.52. The van der Waals surface area contributed by atoms with Crippen LogP contribution in [-0.2, 0) is 0 Å². The van der Waals surface area contributed by atoms with E-state index < -0.39 is 0 Å². The quantitative estimate of drug-likeness (QED) is 0.670. The number of hydrogen-bond donors (Lipinski definition) is 2. The molecule has 7 heteroatoms. The van der Waals surface area contributed by atoms with Gasteiger partial charge in [0.05, 0.1) is 17.9 Å². The minimum atomic E-state index is -0.257. The molecule has 0 aliphatic carbocycles. The summed E-state index contributed by atoms with van der Waals surface area (Å²) < 4.78 is 16.2. The number of nitrogens with one attached hydrogen (secondary N) is 2. The van der Waals surface area contributed by atoms with E-state index in [-0.39, 0.29) is 12.7 Å². The van der Waals surface area contributed by atoms with E-state index in [0.717, 1.165) is 11.4 Å². The Kier molecular flexibility index (Phi) is 4.97. The zero-order chi connectivity index (χ0) is 19.3. The van der Waals surface area contributed by atoms with E-state index in [1.54, 1.807) is 30.3 Å². The van der Waals surface area contributed by atoms with Crippen LogP contribution in [0.15, 0.2) is 60.8 Å². The SMILES string of the molecule is CCOc1ccccc1Nc1ccc(C(=O)Nc2ccc3c(c2)OCO3)cn1. The first kappa shape index (κ1) is 17.7. The molecule has 3 aromatic rings. The molecular weight excluding hydrogens is 358 g/mol. The van der Waals surface area contributed by atoms with Crippen LogP contribution in [0.3, 0.4) is 0 Å². The van der Waals surface area contributed by atoms with Crippen molar-refractivity contribution in [1.82, 2.24) is 4.98 Å². The van der Waals surface area contributed by atoms with Gasteiger partial charge < -0.3 is 24.8 Å². The van der Waals surface area contributed by atoms with Crippen LogP contribution in [0.25, 0.3) is 0 Å². The number of carbonyl (C=O) groups excluding carboxylic acids is 1. The van der Waals surface area contributed by atoms with Gasteiger partial charge >= 0.3 is 0 Å². The monoisotopic (exact) mass is 377 g/mol. The lowest BCUT2D eigenvalue weighted by Crippen LogP contribution is -2.12. The van der Waals surface area contributed by atoms with Crippen molar-refractivity contribution in [1.29, 1.82) is 0 Å². The first-order valence-electron chi connectivity index (χ1n) is 8.89. The predicted octanol–water partition coefficient (Wildman–Crippen LogP) is 4.20. The van der Waals surface area contributed by atoms with Crippen LogP contribution in [0, 0.1) is 0 Å². The van der Waals surface area contributed by atoms with Gasteiger partial charge in [-0.05, 0) is 43.3 Å². The van der Waals surface area contributed by atoms with E-state index in [0.29, 0.717) is 35.2 Å². The molecule has 0 spiro atoms. The maximum Gasteiger partial charge on any atom is 0.257 e. The fourth-order valence-corrected chi connectivity index (χ4v) is 2.77. The van der Waals surface area contributed by atoms with Crippen molar-refractivity contribution < 1.29 is 19.0 Å². The van der Waals surface area contributed by atoms with E-state index in [1.807, 2.05) is 31.2 Å². The van der Waals surface area contributed by atoms with Crippen molar-refractivity contribution in [3.05, 3.63) is 66.4 Å². The van der Waals surface area contributed by atoms with Crippen LogP contribution in [0.1, 0.15) is 17.3 Å². The average Bonchev–Trinajstić information content (AvgIpc) is 3.18. The number of anilines is 3. The summed E-state index contributed by atoms with van der Waals surface area (Å²) >= 11 is 0. The summed E-state index contributed by atoms with van der Waals surface area (Å²) in [4.78, 5) is 16.8. The van der Waals surface area contributed by atoms with Crippen molar-refractivity contribution in [3.63, 3.8) is 0 Å². The number of fused-ring (bicyclic) bond motifs is 1. The molecule has 1 aliphatic heterocycles. The Bertz CT molecular complexity index is 989. The number of nitrogens with zero attached hydrogens (tertiary/aromatic N) is 1. The number of benzene rings is 2. The first-order valence-corrected chi connectivity index (χ1v) is 8.89. The van der Waals surface area contributed by atoms with Crippen molar-refractivity contribution in [2.75, 3.05) is 24.0 Å². The lowest BCUT2D eigenvalue weighted by Gasteiger charge is -2.12. The Morgan fingerprint density at radius 3 is 2.79 bits per heavy atom. The van der Waals surface area contributed by atoms with Crippen LogP contribution < -0.4 is 24.8 Å². The molecule has 0 radical (unpaired) electrons. The predicted molar refractivity (Wildman–Crippen MR) is 106 cm³/mol. The smallest absolute Gasteiger partial charge is 0.257 e. The number of aromatic nitrogens is 1. The molecule has 2 aromatic carbocycles. The van der Waals surface area contributed by atoms with E-state index in [1.165, 1.54) is 6.20 Å². The van der Waals surface area contributed by atoms with Gasteiger partial charge in [-0.3, -0.25) is 4.79 Å². The summed E-state index contributed by atoms with van der Waals surface area (Å²) in [5.41, 5.74) is 1.89. The summed E-state index contributed by atoms with van der Waals surface area (Å²) in [7, 11) is 0. The zero-order valence-corrected chi connectivity index (χ0v) is 15.3. The third-order valence-corrected chi connectivity index (χ3v) is 4.11. The molecule has 0 atom stereocenters. The molecule has 0 unspecified atom stereocenters. The van der Waals surface area contributed by atoms with Crippen molar-refractivity contribution >= 4 is 23.1 Å². The highest BCUT2D eigenvalue weighted by Crippen LogP contribution is 2.34. The number of ether oxygens (including phenoxy) is 3. The topological polar surface area (TPSA) is 81.7 Å². The second kappa shape index (κ2) is 7.87. The summed E-state index contributed by atoms with van der Waals surface area (Å²) in [5.74, 6) is 2.39. The standard InChI is InChI=1S/C21H19N3O4/c1-2-26-17-6-4-3-5-16(17)24-20-10-7-14(12-22-20)21(25)23-15-8-9-18-19(11-15)28-13-27-18/h3-12H,2,13H2,1H3,(H,22,24)(H,23,25). The molecule has 0 saturated heterocycles. The Morgan fingerprint density at radius 2 is 1.96 bits per heavy atom. The number of amides is 1. The molecule has 4 rings (SSSR count). The molecule has 1 aliphatic rings. The molecule has 1 amide bonds. The van der Waals surface area contributed by atoms with Crippen LogP contribution in [0.2, 0.25) is 0 Å². The normalized spacial score (nSPS) is 11.8. The van der Waals surface area contributed by atoms with Gasteiger partial charge in [0.2, 0.25) is 6.79 Å². The van der Waals surface area contributed by atoms with Crippen LogP contribution in [0.5, 0.6) is 17.2 Å². The Morgan fingerprint density at radius 1 is 1.11 bits per heavy atom. The third-order valence-electron chi connectivity index (χ3n) is 4.11. The Hall–Kier alpha value is -3.74. The van der Waals surface area contributed by atoms with Gasteiger partial charge in [0, 0.05) is 18.0 Å². The summed E-state index contributed by atoms with van der Waals surface area (Å²) in [6, 6.07) is 16.3. The number of rotatable bonds is 6. The van der Waals surface area contributed by atoms with Gasteiger partial charge in [-0.15, -0.1) is 0 Å². The second-order valence-corrected chi connectivity index (χ2v) is 6.01. The summed E-state index contributed by atoms with van der Waals surface area (Å²) in [5, 5.41) is 6.03. The molecule has 1 aromatic heterocycles. The van der Waals surface area contributed by atoms with Crippen molar-refractivity contribution in [2.45, 2.75) is 6.92 Å². The van der Waals surface area contributed by atoms with Gasteiger partial charge in [-0.2, -0.15) is 0 Å². The molecule has 0 fully saturated rings. The highest BCUT2D eigenvalue weighted by Gasteiger charge is 2.15. The lowest BCUT2D eigenvalue weighted by atomic mass is 10.2. The zero-order valence-electron chi connectivity index (χ0n) is 15.3. The highest BCUT2D eigenvalue weighted by molar-refractivity contribution is 6.04. The molecule has 0 bridgehead atoms. The first-order chi connectivity index (χ1) is 13.7. The van der Waals surface area contributed by atoms with Crippen molar-refractivity contribution in [2.24, 2.45) is 0 Å². The van der Waals surface area contributed by atoms with Gasteiger partial charge in [0.25, 0.3) is 5.91 Å². The molecule has 2 heterocycles. The fraction of sp³-hybridized carbons (Fsp3) is 0.143. The maximum absolute atomic E-state index is 12.5. The van der Waals surface area contributed by atoms with Gasteiger partial charge in [0.1, 0.15) is 11.6 Å². The molecule has 7 nitrogen and oxygen atoms in total. The van der Waals surface area contributed by atoms with E-state index >= 15 is 0 Å². The Labute approximate surface area is 162 Å². The molecule has 28 heavy (non-hydrogen) atoms. The third kappa shape index (κ3) is 3.83. The second-order valence-electron chi connectivity index (χ2n) is 6.01. The number of pyridine rings is 1. The van der Waals surface area contributed by atoms with E-state index in [4.69, 9.17) is 14.2 Å². The Balaban J connectivity index is 1.43. The van der Waals surface area contributed by atoms with E-state index in [2.05, 4.69) is 15.6 Å². The number of carbonyl (C=O) groups is 1. The maximum atomic E-state index is 12.5. The molecule has 142 valence electrons. The average molecular weight is 377 g/mol. The fourth-order valence-electron chi connectivity index (χ4n) is 2.77. The van der Waals surface area contributed by atoms with Gasteiger partial charge in [0.15, 0.2) is 11.5 Å². The summed E-state index contributed by atoms with van der Waals surface area (Å²) in [6.45, 7) is 2.70. The molecule has 0 saturated carbocycles. The number of para-hydroxylation sites is 2. The minimum absolute atomic E-state index is 0.192. The van der Waals surface area contributed by atoms with Crippen molar-refractivity contribution in [3.8, 4) is 17.2 Å². The van der Waals surface area contributed by atoms with Gasteiger partial charge in [-0.25, -0.2) is 4.98 Å². The van der Waals surface area contributed by atoms with Crippen LogP contribution in [0.4, 0.5) is 17.2 Å². The van der Waals surface area contributed by atoms with Crippen LogP contribution >= 0.6 is 0 Å². The largest absolute Gasteiger partial charge is 0.492 e. The molecular formula is C21H19N3O4. The minimum Gasteiger partial charge on any atom is -0.492 e. The van der Waals surface area contributed by atoms with Crippen LogP contribution in [-0.4, -0.2) is 24.3 Å². The molecule has 2 N–H and O–H groups in total. The lowest BCUT2D eigenvalue weighted by molar-refractivity contribution is 0.102. The number of hydrogen-bond acceptors (Lipinski definition) is 6.